The smallest absolute Gasteiger partial charge is 0.261 e. The number of ether oxygens (including phenoxy) is 2. The molecule has 0 bridgehead atoms. The van der Waals surface area contributed by atoms with Gasteiger partial charge in [-0.25, -0.2) is 12.8 Å². The van der Waals surface area contributed by atoms with Crippen LogP contribution in [0.4, 0.5) is 10.1 Å². The molecule has 9 heteroatoms. The number of methoxy groups -OCH3 is 1. The molecular weight excluding hydrogens is 423 g/mol. The van der Waals surface area contributed by atoms with Crippen LogP contribution in [0.5, 0.6) is 11.5 Å². The molecule has 0 spiro atoms. The number of sulfonamides is 1. The molecule has 0 saturated carbocycles. The Hall–Kier alpha value is -3.59. The van der Waals surface area contributed by atoms with Crippen molar-refractivity contribution in [2.45, 2.75) is 4.90 Å². The molecule has 0 aromatic heterocycles. The van der Waals surface area contributed by atoms with Crippen LogP contribution in [0.1, 0.15) is 10.4 Å². The van der Waals surface area contributed by atoms with E-state index in [1.165, 1.54) is 36.4 Å². The van der Waals surface area contributed by atoms with Gasteiger partial charge >= 0.3 is 0 Å². The monoisotopic (exact) mass is 444 g/mol. The summed E-state index contributed by atoms with van der Waals surface area (Å²) in [5.74, 6) is 0.341. The van der Waals surface area contributed by atoms with Crippen LogP contribution in [0.2, 0.25) is 0 Å². The fourth-order valence-electron chi connectivity index (χ4n) is 2.68. The van der Waals surface area contributed by atoms with Crippen molar-refractivity contribution in [3.63, 3.8) is 0 Å². The molecule has 0 radical (unpaired) electrons. The Kier molecular flexibility index (Phi) is 7.09. The van der Waals surface area contributed by atoms with Crippen molar-refractivity contribution in [2.24, 2.45) is 0 Å². The van der Waals surface area contributed by atoms with Crippen molar-refractivity contribution in [3.8, 4) is 11.5 Å². The predicted molar refractivity (Wildman–Crippen MR) is 114 cm³/mol. The first-order valence-electron chi connectivity index (χ1n) is 9.31. The van der Waals surface area contributed by atoms with E-state index in [2.05, 4.69) is 10.0 Å². The Morgan fingerprint density at radius 1 is 0.935 bits per heavy atom. The largest absolute Gasteiger partial charge is 0.493 e. The standard InChI is InChI=1S/C22H21FN2O5S/c1-29-20-4-2-3-5-21(20)30-15-14-24-22(26)16-6-12-19(13-7-16)31(27,28)25-18-10-8-17(23)9-11-18/h2-13,25H,14-15H2,1H3,(H,24,26). The summed E-state index contributed by atoms with van der Waals surface area (Å²) in [5.41, 5.74) is 0.538. The molecular formula is C22H21FN2O5S. The van der Waals surface area contributed by atoms with Gasteiger partial charge in [0.15, 0.2) is 11.5 Å². The lowest BCUT2D eigenvalue weighted by atomic mass is 10.2. The van der Waals surface area contributed by atoms with Crippen LogP contribution >= 0.6 is 0 Å². The van der Waals surface area contributed by atoms with E-state index in [9.17, 15) is 17.6 Å². The molecule has 0 aliphatic heterocycles. The van der Waals surface area contributed by atoms with Gasteiger partial charge in [-0.05, 0) is 60.7 Å². The van der Waals surface area contributed by atoms with E-state index in [1.807, 2.05) is 12.1 Å². The van der Waals surface area contributed by atoms with Gasteiger partial charge in [0.25, 0.3) is 15.9 Å². The fourth-order valence-corrected chi connectivity index (χ4v) is 3.74. The molecule has 0 atom stereocenters. The number of para-hydroxylation sites is 2. The molecule has 162 valence electrons. The van der Waals surface area contributed by atoms with Crippen molar-refractivity contribution in [3.05, 3.63) is 84.2 Å². The highest BCUT2D eigenvalue weighted by atomic mass is 32.2. The third kappa shape index (κ3) is 5.95. The summed E-state index contributed by atoms with van der Waals surface area (Å²) in [6.07, 6.45) is 0. The molecule has 0 aliphatic carbocycles. The number of hydrogen-bond acceptors (Lipinski definition) is 5. The Morgan fingerprint density at radius 3 is 2.23 bits per heavy atom. The Labute approximate surface area is 179 Å². The number of benzene rings is 3. The Morgan fingerprint density at radius 2 is 1.58 bits per heavy atom. The van der Waals surface area contributed by atoms with Crippen LogP contribution in [0.3, 0.4) is 0 Å². The highest BCUT2D eigenvalue weighted by molar-refractivity contribution is 7.92. The van der Waals surface area contributed by atoms with Crippen molar-refractivity contribution in [2.75, 3.05) is 25.0 Å². The maximum atomic E-state index is 13.0. The highest BCUT2D eigenvalue weighted by Crippen LogP contribution is 2.25. The number of carbonyl (C=O) groups excluding carboxylic acids is 1. The second kappa shape index (κ2) is 9.94. The van der Waals surface area contributed by atoms with Gasteiger partial charge in [-0.2, -0.15) is 0 Å². The van der Waals surface area contributed by atoms with Crippen LogP contribution in [0.25, 0.3) is 0 Å². The number of carbonyl (C=O) groups is 1. The van der Waals surface area contributed by atoms with Gasteiger partial charge in [0.05, 0.1) is 18.6 Å². The summed E-state index contributed by atoms with van der Waals surface area (Å²) in [5, 5.41) is 2.70. The summed E-state index contributed by atoms with van der Waals surface area (Å²) in [6.45, 7) is 0.489. The van der Waals surface area contributed by atoms with Gasteiger partial charge in [-0.15, -0.1) is 0 Å². The molecule has 3 rings (SSSR count). The summed E-state index contributed by atoms with van der Waals surface area (Å²) in [7, 11) is -2.32. The number of rotatable bonds is 9. The van der Waals surface area contributed by atoms with Crippen molar-refractivity contribution < 1.29 is 27.1 Å². The van der Waals surface area contributed by atoms with Crippen molar-refractivity contribution in [1.82, 2.24) is 5.32 Å². The van der Waals surface area contributed by atoms with Crippen molar-refractivity contribution >= 4 is 21.6 Å². The van der Waals surface area contributed by atoms with Crippen LogP contribution < -0.4 is 19.5 Å². The maximum absolute atomic E-state index is 13.0. The second-order valence-electron chi connectivity index (χ2n) is 6.39. The minimum atomic E-state index is -3.86. The zero-order valence-electron chi connectivity index (χ0n) is 16.7. The molecule has 7 nitrogen and oxygen atoms in total. The minimum absolute atomic E-state index is 0.0205. The predicted octanol–water partition coefficient (Wildman–Crippen LogP) is 3.44. The lowest BCUT2D eigenvalue weighted by Gasteiger charge is -2.11. The minimum Gasteiger partial charge on any atom is -0.493 e. The molecule has 2 N–H and O–H groups in total. The zero-order valence-corrected chi connectivity index (χ0v) is 17.5. The third-order valence-corrected chi connectivity index (χ3v) is 5.63. The number of halogens is 1. The summed E-state index contributed by atoms with van der Waals surface area (Å²) in [6, 6.07) is 17.6. The second-order valence-corrected chi connectivity index (χ2v) is 8.07. The van der Waals surface area contributed by atoms with E-state index < -0.39 is 15.8 Å². The third-order valence-electron chi connectivity index (χ3n) is 4.24. The lowest BCUT2D eigenvalue weighted by Crippen LogP contribution is -2.28. The summed E-state index contributed by atoms with van der Waals surface area (Å²) >= 11 is 0. The van der Waals surface area contributed by atoms with E-state index in [0.29, 0.717) is 17.1 Å². The van der Waals surface area contributed by atoms with E-state index in [4.69, 9.17) is 9.47 Å². The summed E-state index contributed by atoms with van der Waals surface area (Å²) in [4.78, 5) is 12.3. The zero-order chi connectivity index (χ0) is 22.3. The summed E-state index contributed by atoms with van der Waals surface area (Å²) < 4.78 is 51.0. The number of nitrogens with one attached hydrogen (secondary N) is 2. The van der Waals surface area contributed by atoms with E-state index in [1.54, 1.807) is 19.2 Å². The van der Waals surface area contributed by atoms with Gasteiger partial charge in [0.2, 0.25) is 0 Å². The van der Waals surface area contributed by atoms with Crippen LogP contribution in [0.15, 0.2) is 77.7 Å². The van der Waals surface area contributed by atoms with Crippen LogP contribution in [0, 0.1) is 5.82 Å². The molecule has 0 saturated heterocycles. The molecule has 3 aromatic rings. The average molecular weight is 444 g/mol. The van der Waals surface area contributed by atoms with E-state index in [-0.39, 0.29) is 29.6 Å². The SMILES string of the molecule is COc1ccccc1OCCNC(=O)c1ccc(S(=O)(=O)Nc2ccc(F)cc2)cc1. The fraction of sp³-hybridized carbons (Fsp3) is 0.136. The number of anilines is 1. The van der Waals surface area contributed by atoms with Gasteiger partial charge in [0.1, 0.15) is 12.4 Å². The van der Waals surface area contributed by atoms with Gasteiger partial charge in [-0.1, -0.05) is 12.1 Å². The van der Waals surface area contributed by atoms with Gasteiger partial charge < -0.3 is 14.8 Å². The van der Waals surface area contributed by atoms with Crippen molar-refractivity contribution in [1.29, 1.82) is 0 Å². The highest BCUT2D eigenvalue weighted by Gasteiger charge is 2.15. The van der Waals surface area contributed by atoms with Gasteiger partial charge in [-0.3, -0.25) is 9.52 Å². The molecule has 3 aromatic carbocycles. The number of hydrogen-bond donors (Lipinski definition) is 2. The van der Waals surface area contributed by atoms with Gasteiger partial charge in [0, 0.05) is 11.3 Å². The first-order chi connectivity index (χ1) is 14.9. The average Bonchev–Trinajstić information content (AvgIpc) is 2.78. The van der Waals surface area contributed by atoms with Crippen LogP contribution in [-0.2, 0) is 10.0 Å². The van der Waals surface area contributed by atoms with E-state index in [0.717, 1.165) is 12.1 Å². The quantitative estimate of drug-likeness (QED) is 0.493. The van der Waals surface area contributed by atoms with E-state index >= 15 is 0 Å². The first-order valence-corrected chi connectivity index (χ1v) is 10.8. The molecule has 0 heterocycles. The first kappa shape index (κ1) is 22.1. The topological polar surface area (TPSA) is 93.7 Å². The molecule has 1 amide bonds. The molecule has 0 unspecified atom stereocenters. The molecule has 31 heavy (non-hydrogen) atoms. The number of amides is 1. The lowest BCUT2D eigenvalue weighted by molar-refractivity contribution is 0.0946. The van der Waals surface area contributed by atoms with Crippen LogP contribution in [-0.4, -0.2) is 34.6 Å². The maximum Gasteiger partial charge on any atom is 0.261 e. The Bertz CT molecular complexity index is 1130. The molecule has 0 aliphatic rings. The molecule has 0 fully saturated rings. The Balaban J connectivity index is 1.54. The normalized spacial score (nSPS) is 10.9.